The van der Waals surface area contributed by atoms with E-state index in [-0.39, 0.29) is 17.0 Å². The molecule has 4 rings (SSSR count). The number of amides is 2. The van der Waals surface area contributed by atoms with Crippen LogP contribution in [0.1, 0.15) is 39.1 Å². The fraction of sp³-hybridized carbons (Fsp3) is 0.391. The molecule has 2 N–H and O–H groups in total. The summed E-state index contributed by atoms with van der Waals surface area (Å²) in [5, 5.41) is 0.238. The van der Waals surface area contributed by atoms with Crippen LogP contribution in [-0.2, 0) is 6.54 Å². The third-order valence-electron chi connectivity index (χ3n) is 6.12. The van der Waals surface area contributed by atoms with Crippen molar-refractivity contribution in [3.63, 3.8) is 0 Å². The molecule has 7 heteroatoms. The molecule has 0 aliphatic carbocycles. The van der Waals surface area contributed by atoms with Gasteiger partial charge >= 0.3 is 0 Å². The van der Waals surface area contributed by atoms with Crippen molar-refractivity contribution < 1.29 is 9.59 Å². The first-order chi connectivity index (χ1) is 14.4. The van der Waals surface area contributed by atoms with Crippen molar-refractivity contribution in [3.8, 4) is 0 Å². The third kappa shape index (κ3) is 4.21. The fourth-order valence-electron chi connectivity index (χ4n) is 4.39. The van der Waals surface area contributed by atoms with Crippen LogP contribution in [0.5, 0.6) is 0 Å². The zero-order valence-electron chi connectivity index (χ0n) is 17.2. The van der Waals surface area contributed by atoms with Crippen LogP contribution in [0.2, 0.25) is 5.02 Å². The van der Waals surface area contributed by atoms with Crippen molar-refractivity contribution in [2.24, 2.45) is 5.73 Å². The Hall–Kier alpha value is -2.41. The fourth-order valence-corrected chi connectivity index (χ4v) is 4.66. The van der Waals surface area contributed by atoms with Crippen molar-refractivity contribution in [1.82, 2.24) is 9.80 Å². The smallest absolute Gasteiger partial charge is 0.259 e. The Morgan fingerprint density at radius 2 is 1.87 bits per heavy atom. The summed E-state index contributed by atoms with van der Waals surface area (Å²) in [6.45, 7) is 4.53. The largest absolute Gasteiger partial charge is 0.366 e. The van der Waals surface area contributed by atoms with E-state index in [4.69, 9.17) is 17.3 Å². The number of fused-ring (bicyclic) bond motifs is 1. The molecular formula is C23H27ClN4O2. The van der Waals surface area contributed by atoms with Gasteiger partial charge in [-0.3, -0.25) is 14.5 Å². The standard InChI is InChI=1S/C23H27ClN4O2/c1-26-13-17-6-2-3-7-21(17)28(15-18(26)14-27-10-4-5-11-27)23(30)19-9-8-16(22(25)29)12-20(19)24/h2-3,6-9,12,18H,4-5,10-11,13-15H2,1H3,(H2,25,29). The number of carbonyl (C=O) groups is 2. The second kappa shape index (κ2) is 8.76. The van der Waals surface area contributed by atoms with E-state index in [1.54, 1.807) is 12.1 Å². The van der Waals surface area contributed by atoms with E-state index >= 15 is 0 Å². The predicted molar refractivity (Wildman–Crippen MR) is 119 cm³/mol. The van der Waals surface area contributed by atoms with Gasteiger partial charge in [-0.15, -0.1) is 0 Å². The van der Waals surface area contributed by atoms with Crippen LogP contribution < -0.4 is 10.6 Å². The number of likely N-dealkylation sites (tertiary alicyclic amines) is 1. The number of rotatable bonds is 4. The zero-order valence-corrected chi connectivity index (χ0v) is 17.9. The van der Waals surface area contributed by atoms with Crippen molar-refractivity contribution in [2.75, 3.05) is 38.1 Å². The first-order valence-corrected chi connectivity index (χ1v) is 10.7. The third-order valence-corrected chi connectivity index (χ3v) is 6.43. The number of primary amides is 1. The van der Waals surface area contributed by atoms with Crippen LogP contribution in [0.4, 0.5) is 5.69 Å². The lowest BCUT2D eigenvalue weighted by Crippen LogP contribution is -2.48. The molecule has 0 aromatic heterocycles. The molecule has 30 heavy (non-hydrogen) atoms. The van der Waals surface area contributed by atoms with Crippen LogP contribution in [0.15, 0.2) is 42.5 Å². The van der Waals surface area contributed by atoms with E-state index in [0.29, 0.717) is 17.7 Å². The number of benzene rings is 2. The molecule has 2 aromatic rings. The van der Waals surface area contributed by atoms with Gasteiger partial charge in [0.15, 0.2) is 0 Å². The quantitative estimate of drug-likeness (QED) is 0.815. The van der Waals surface area contributed by atoms with Gasteiger partial charge in [-0.2, -0.15) is 0 Å². The van der Waals surface area contributed by atoms with E-state index in [1.165, 1.54) is 18.9 Å². The molecule has 1 atom stereocenters. The highest BCUT2D eigenvalue weighted by Crippen LogP contribution is 2.30. The number of hydrogen-bond acceptors (Lipinski definition) is 4. The number of para-hydroxylation sites is 1. The van der Waals surface area contributed by atoms with E-state index < -0.39 is 5.91 Å². The molecule has 0 radical (unpaired) electrons. The Bertz CT molecular complexity index is 958. The van der Waals surface area contributed by atoms with Gasteiger partial charge in [-0.25, -0.2) is 0 Å². The summed E-state index contributed by atoms with van der Waals surface area (Å²) in [6.07, 6.45) is 2.47. The second-order valence-electron chi connectivity index (χ2n) is 8.18. The van der Waals surface area contributed by atoms with Crippen molar-refractivity contribution in [2.45, 2.75) is 25.4 Å². The Labute approximate surface area is 182 Å². The number of halogens is 1. The van der Waals surface area contributed by atoms with Crippen LogP contribution in [-0.4, -0.2) is 60.9 Å². The molecule has 0 saturated carbocycles. The molecule has 2 aliphatic rings. The van der Waals surface area contributed by atoms with Gasteiger partial charge in [0, 0.05) is 36.9 Å². The van der Waals surface area contributed by atoms with Crippen LogP contribution in [0.25, 0.3) is 0 Å². The lowest BCUT2D eigenvalue weighted by molar-refractivity contribution is 0.0970. The number of likely N-dealkylation sites (N-methyl/N-ethyl adjacent to an activating group) is 1. The number of nitrogens with two attached hydrogens (primary N) is 1. The summed E-state index contributed by atoms with van der Waals surface area (Å²) < 4.78 is 0. The topological polar surface area (TPSA) is 69.9 Å². The molecule has 2 aliphatic heterocycles. The highest BCUT2D eigenvalue weighted by atomic mass is 35.5. The molecule has 158 valence electrons. The first-order valence-electron chi connectivity index (χ1n) is 10.4. The Morgan fingerprint density at radius 3 is 2.57 bits per heavy atom. The number of carbonyl (C=O) groups excluding carboxylic acids is 2. The highest BCUT2D eigenvalue weighted by Gasteiger charge is 2.32. The molecule has 0 spiro atoms. The summed E-state index contributed by atoms with van der Waals surface area (Å²) >= 11 is 6.38. The monoisotopic (exact) mass is 426 g/mol. The summed E-state index contributed by atoms with van der Waals surface area (Å²) in [7, 11) is 2.13. The Kier molecular flexibility index (Phi) is 6.09. The van der Waals surface area contributed by atoms with Crippen molar-refractivity contribution in [3.05, 3.63) is 64.2 Å². The number of nitrogens with zero attached hydrogens (tertiary/aromatic N) is 3. The molecule has 6 nitrogen and oxygen atoms in total. The summed E-state index contributed by atoms with van der Waals surface area (Å²) in [4.78, 5) is 31.7. The van der Waals surface area contributed by atoms with Gasteiger partial charge in [0.25, 0.3) is 5.91 Å². The lowest BCUT2D eigenvalue weighted by atomic mass is 10.1. The lowest BCUT2D eigenvalue weighted by Gasteiger charge is -2.32. The minimum atomic E-state index is -0.566. The molecule has 1 unspecified atom stereocenters. The Morgan fingerprint density at radius 1 is 1.13 bits per heavy atom. The van der Waals surface area contributed by atoms with E-state index in [2.05, 4.69) is 22.9 Å². The van der Waals surface area contributed by atoms with Crippen LogP contribution in [0, 0.1) is 0 Å². The maximum Gasteiger partial charge on any atom is 0.259 e. The average Bonchev–Trinajstić information content (AvgIpc) is 3.19. The minimum absolute atomic E-state index is 0.162. The predicted octanol–water partition coefficient (Wildman–Crippen LogP) is 3.00. The van der Waals surface area contributed by atoms with E-state index in [9.17, 15) is 9.59 Å². The normalized spacial score (nSPS) is 20.1. The summed E-state index contributed by atoms with van der Waals surface area (Å²) in [6, 6.07) is 12.9. The van der Waals surface area contributed by atoms with Gasteiger partial charge < -0.3 is 15.5 Å². The minimum Gasteiger partial charge on any atom is -0.366 e. The first kappa shape index (κ1) is 20.8. The van der Waals surface area contributed by atoms with Gasteiger partial charge in [0.05, 0.1) is 10.6 Å². The van der Waals surface area contributed by atoms with Crippen molar-refractivity contribution in [1.29, 1.82) is 0 Å². The highest BCUT2D eigenvalue weighted by molar-refractivity contribution is 6.35. The summed E-state index contributed by atoms with van der Waals surface area (Å²) in [5.74, 6) is -0.728. The maximum atomic E-state index is 13.6. The van der Waals surface area contributed by atoms with Gasteiger partial charge in [-0.1, -0.05) is 29.8 Å². The molecule has 2 heterocycles. The second-order valence-corrected chi connectivity index (χ2v) is 8.59. The average molecular weight is 427 g/mol. The molecule has 1 saturated heterocycles. The van der Waals surface area contributed by atoms with Crippen LogP contribution in [0.3, 0.4) is 0 Å². The Balaban J connectivity index is 1.68. The SMILES string of the molecule is CN1Cc2ccccc2N(C(=O)c2ccc(C(N)=O)cc2Cl)CC1CN1CCCC1. The number of anilines is 1. The van der Waals surface area contributed by atoms with E-state index in [1.807, 2.05) is 23.1 Å². The molecule has 2 aromatic carbocycles. The van der Waals surface area contributed by atoms with E-state index in [0.717, 1.165) is 37.4 Å². The molecule has 1 fully saturated rings. The van der Waals surface area contributed by atoms with Crippen LogP contribution >= 0.6 is 11.6 Å². The van der Waals surface area contributed by atoms with Gasteiger partial charge in [0.1, 0.15) is 0 Å². The van der Waals surface area contributed by atoms with Crippen molar-refractivity contribution >= 4 is 29.1 Å². The van der Waals surface area contributed by atoms with Gasteiger partial charge in [0.2, 0.25) is 5.91 Å². The zero-order chi connectivity index (χ0) is 21.3. The van der Waals surface area contributed by atoms with Gasteiger partial charge in [-0.05, 0) is 62.8 Å². The maximum absolute atomic E-state index is 13.6. The molecule has 2 amide bonds. The molecule has 0 bridgehead atoms. The summed E-state index contributed by atoms with van der Waals surface area (Å²) in [5.41, 5.74) is 8.03. The number of hydrogen-bond donors (Lipinski definition) is 1. The molecular weight excluding hydrogens is 400 g/mol.